The second-order valence-electron chi connectivity index (χ2n) is 9.35. The number of amides is 1. The normalized spacial score (nSPS) is 13.6. The Labute approximate surface area is 209 Å². The zero-order valence-corrected chi connectivity index (χ0v) is 20.6. The molecular weight excluding hydrogens is 452 g/mol. The Bertz CT molecular complexity index is 1610. The van der Waals surface area contributed by atoms with Crippen LogP contribution in [0.15, 0.2) is 54.6 Å². The van der Waals surface area contributed by atoms with Gasteiger partial charge in [0.05, 0.1) is 29.7 Å². The quantitative estimate of drug-likeness (QED) is 0.355. The van der Waals surface area contributed by atoms with Crippen molar-refractivity contribution in [3.05, 3.63) is 82.8 Å². The first-order chi connectivity index (χ1) is 17.5. The van der Waals surface area contributed by atoms with Gasteiger partial charge in [0, 0.05) is 30.2 Å². The first-order valence-electron chi connectivity index (χ1n) is 12.1. The van der Waals surface area contributed by atoms with Gasteiger partial charge < -0.3 is 24.3 Å². The lowest BCUT2D eigenvalue weighted by molar-refractivity contribution is 0.0727. The highest BCUT2D eigenvalue weighted by atomic mass is 16.5. The summed E-state index contributed by atoms with van der Waals surface area (Å²) in [4.78, 5) is 26.8. The van der Waals surface area contributed by atoms with E-state index in [4.69, 9.17) is 9.47 Å². The zero-order chi connectivity index (χ0) is 24.8. The number of para-hydroxylation sites is 1. The molecule has 2 N–H and O–H groups in total. The summed E-state index contributed by atoms with van der Waals surface area (Å²) in [5.41, 5.74) is 8.69. The first-order valence-corrected chi connectivity index (χ1v) is 12.1. The topological polar surface area (TPSA) is 83.2 Å². The molecule has 3 aromatic carbocycles. The minimum atomic E-state index is -0.0247. The Morgan fingerprint density at radius 3 is 2.78 bits per heavy atom. The van der Waals surface area contributed by atoms with Gasteiger partial charge >= 0.3 is 0 Å². The molecule has 0 unspecified atom stereocenters. The van der Waals surface area contributed by atoms with Crippen LogP contribution >= 0.6 is 0 Å². The van der Waals surface area contributed by atoms with Crippen molar-refractivity contribution in [2.75, 3.05) is 20.3 Å². The predicted octanol–water partition coefficient (Wildman–Crippen LogP) is 5.51. The maximum absolute atomic E-state index is 13.7. The summed E-state index contributed by atoms with van der Waals surface area (Å²) in [6, 6.07) is 18.5. The van der Waals surface area contributed by atoms with E-state index in [0.717, 1.165) is 61.3 Å². The lowest BCUT2D eigenvalue weighted by Crippen LogP contribution is -2.33. The van der Waals surface area contributed by atoms with E-state index in [1.807, 2.05) is 49.1 Å². The number of carbonyl (C=O) groups is 1. The molecule has 3 heterocycles. The van der Waals surface area contributed by atoms with Crippen molar-refractivity contribution in [2.24, 2.45) is 0 Å². The van der Waals surface area contributed by atoms with Gasteiger partial charge in [-0.25, -0.2) is 4.98 Å². The maximum Gasteiger partial charge on any atom is 0.271 e. The number of aromatic nitrogens is 3. The standard InChI is InChI=1S/C29H28N4O3/c1-17-23-6-4-5-21(16-35-3)28(23)32-27(17)29(34)33-11-12-36-26-10-8-19(13-22(26)15-33)20-7-9-24-25(14-20)31-18(2)30-24/h4-10,13-14,32H,11-12,15-16H2,1-3H3,(H,30,31). The van der Waals surface area contributed by atoms with E-state index in [2.05, 4.69) is 39.2 Å². The average Bonchev–Trinajstić information content (AvgIpc) is 3.34. The van der Waals surface area contributed by atoms with Crippen LogP contribution in [-0.2, 0) is 17.9 Å². The van der Waals surface area contributed by atoms with Gasteiger partial charge in [-0.1, -0.05) is 30.3 Å². The fourth-order valence-corrected chi connectivity index (χ4v) is 5.13. The van der Waals surface area contributed by atoms with Gasteiger partial charge in [-0.15, -0.1) is 0 Å². The minimum absolute atomic E-state index is 0.0247. The minimum Gasteiger partial charge on any atom is -0.491 e. The number of H-pyrrole nitrogens is 2. The number of nitrogens with one attached hydrogen (secondary N) is 2. The van der Waals surface area contributed by atoms with Crippen molar-refractivity contribution < 1.29 is 14.3 Å². The molecule has 0 saturated carbocycles. The fraction of sp³-hybridized carbons (Fsp3) is 0.241. The van der Waals surface area contributed by atoms with Crippen LogP contribution in [0.4, 0.5) is 0 Å². The summed E-state index contributed by atoms with van der Waals surface area (Å²) in [7, 11) is 1.68. The Morgan fingerprint density at radius 1 is 1.08 bits per heavy atom. The number of hydrogen-bond acceptors (Lipinski definition) is 4. The Balaban J connectivity index is 1.33. The molecule has 36 heavy (non-hydrogen) atoms. The van der Waals surface area contributed by atoms with Crippen molar-refractivity contribution >= 4 is 27.8 Å². The van der Waals surface area contributed by atoms with Crippen LogP contribution in [0.3, 0.4) is 0 Å². The van der Waals surface area contributed by atoms with Gasteiger partial charge in [-0.05, 0) is 54.8 Å². The van der Waals surface area contributed by atoms with Crippen LogP contribution in [0, 0.1) is 13.8 Å². The number of aryl methyl sites for hydroxylation is 2. The smallest absolute Gasteiger partial charge is 0.271 e. The summed E-state index contributed by atoms with van der Waals surface area (Å²) in [6.45, 7) is 5.89. The van der Waals surface area contributed by atoms with Crippen LogP contribution in [0.5, 0.6) is 5.75 Å². The van der Waals surface area contributed by atoms with Crippen molar-refractivity contribution in [3.8, 4) is 16.9 Å². The lowest BCUT2D eigenvalue weighted by Gasteiger charge is -2.20. The molecule has 0 saturated heterocycles. The zero-order valence-electron chi connectivity index (χ0n) is 20.6. The van der Waals surface area contributed by atoms with E-state index in [1.165, 1.54) is 0 Å². The molecule has 2 aromatic heterocycles. The number of ether oxygens (including phenoxy) is 2. The lowest BCUT2D eigenvalue weighted by atomic mass is 10.0. The molecule has 0 bridgehead atoms. The van der Waals surface area contributed by atoms with E-state index in [0.29, 0.717) is 32.0 Å². The van der Waals surface area contributed by atoms with E-state index < -0.39 is 0 Å². The summed E-state index contributed by atoms with van der Waals surface area (Å²) < 4.78 is 11.4. The number of fused-ring (bicyclic) bond motifs is 3. The molecule has 1 aliphatic rings. The Kier molecular flexibility index (Phi) is 5.49. The van der Waals surface area contributed by atoms with Gasteiger partial charge in [0.25, 0.3) is 5.91 Å². The average molecular weight is 481 g/mol. The highest BCUT2D eigenvalue weighted by Gasteiger charge is 2.25. The molecule has 0 fully saturated rings. The second-order valence-corrected chi connectivity index (χ2v) is 9.35. The maximum atomic E-state index is 13.7. The first kappa shape index (κ1) is 22.4. The number of benzene rings is 3. The molecule has 5 aromatic rings. The third-order valence-corrected chi connectivity index (χ3v) is 6.95. The van der Waals surface area contributed by atoms with Gasteiger partial charge in [-0.3, -0.25) is 4.79 Å². The van der Waals surface area contributed by atoms with Gasteiger partial charge in [0.1, 0.15) is 23.9 Å². The van der Waals surface area contributed by atoms with Crippen LogP contribution in [0.1, 0.15) is 33.0 Å². The highest BCUT2D eigenvalue weighted by Crippen LogP contribution is 2.32. The van der Waals surface area contributed by atoms with Crippen LogP contribution < -0.4 is 4.74 Å². The van der Waals surface area contributed by atoms with Crippen LogP contribution in [-0.4, -0.2) is 46.0 Å². The molecule has 6 rings (SSSR count). The van der Waals surface area contributed by atoms with Crippen molar-refractivity contribution in [1.29, 1.82) is 0 Å². The van der Waals surface area contributed by atoms with E-state index in [1.54, 1.807) is 7.11 Å². The number of nitrogens with zero attached hydrogens (tertiary/aromatic N) is 2. The Hall–Kier alpha value is -4.10. The van der Waals surface area contributed by atoms with Gasteiger partial charge in [-0.2, -0.15) is 0 Å². The molecular formula is C29H28N4O3. The molecule has 0 aliphatic carbocycles. The van der Waals surface area contributed by atoms with Gasteiger partial charge in [0.15, 0.2) is 0 Å². The van der Waals surface area contributed by atoms with Gasteiger partial charge in [0.2, 0.25) is 0 Å². The third-order valence-electron chi connectivity index (χ3n) is 6.95. The summed E-state index contributed by atoms with van der Waals surface area (Å²) >= 11 is 0. The largest absolute Gasteiger partial charge is 0.491 e. The number of aromatic amines is 2. The van der Waals surface area contributed by atoms with Crippen molar-refractivity contribution in [3.63, 3.8) is 0 Å². The summed E-state index contributed by atoms with van der Waals surface area (Å²) in [5, 5.41) is 1.05. The Morgan fingerprint density at radius 2 is 1.92 bits per heavy atom. The highest BCUT2D eigenvalue weighted by molar-refractivity contribution is 6.01. The monoisotopic (exact) mass is 480 g/mol. The van der Waals surface area contributed by atoms with E-state index in [-0.39, 0.29) is 5.91 Å². The number of hydrogen-bond donors (Lipinski definition) is 2. The molecule has 0 atom stereocenters. The second kappa shape index (κ2) is 8.84. The van der Waals surface area contributed by atoms with Crippen molar-refractivity contribution in [2.45, 2.75) is 27.0 Å². The van der Waals surface area contributed by atoms with Crippen molar-refractivity contribution in [1.82, 2.24) is 19.9 Å². The molecule has 0 radical (unpaired) electrons. The molecule has 1 aliphatic heterocycles. The number of carbonyl (C=O) groups excluding carboxylic acids is 1. The number of rotatable bonds is 4. The number of methoxy groups -OCH3 is 1. The third kappa shape index (κ3) is 3.82. The molecule has 1 amide bonds. The van der Waals surface area contributed by atoms with Crippen LogP contribution in [0.25, 0.3) is 33.1 Å². The number of imidazole rings is 1. The fourth-order valence-electron chi connectivity index (χ4n) is 5.13. The van der Waals surface area contributed by atoms with E-state index >= 15 is 0 Å². The predicted molar refractivity (Wildman–Crippen MR) is 140 cm³/mol. The summed E-state index contributed by atoms with van der Waals surface area (Å²) in [5.74, 6) is 1.69. The molecule has 7 nitrogen and oxygen atoms in total. The van der Waals surface area contributed by atoms with Crippen LogP contribution in [0.2, 0.25) is 0 Å². The molecule has 182 valence electrons. The molecule has 7 heteroatoms. The summed E-state index contributed by atoms with van der Waals surface area (Å²) in [6.07, 6.45) is 0. The van der Waals surface area contributed by atoms with E-state index in [9.17, 15) is 4.79 Å². The SMILES string of the molecule is COCc1cccc2c(C)c(C(=O)N3CCOc4ccc(-c5ccc6nc(C)[nH]c6c5)cc4C3)[nH]c12. The molecule has 0 spiro atoms.